The van der Waals surface area contributed by atoms with Gasteiger partial charge in [0.05, 0.1) is 24.1 Å². The highest BCUT2D eigenvalue weighted by Gasteiger charge is 2.15. The first-order chi connectivity index (χ1) is 9.07. The van der Waals surface area contributed by atoms with Crippen molar-refractivity contribution >= 4 is 0 Å². The largest absolute Gasteiger partial charge is 0.492 e. The van der Waals surface area contributed by atoms with Crippen LogP contribution in [0.15, 0.2) is 18.3 Å². The topological polar surface area (TPSA) is 43.4 Å². The van der Waals surface area contributed by atoms with Gasteiger partial charge < -0.3 is 14.8 Å². The Morgan fingerprint density at radius 2 is 2.11 bits per heavy atom. The SMILES string of the molecule is CCCNCc1ccc(OCCC(C)(C)OC)cn1. The Kier molecular flexibility index (Phi) is 6.81. The fraction of sp³-hybridized carbons (Fsp3) is 0.667. The Morgan fingerprint density at radius 1 is 1.32 bits per heavy atom. The number of nitrogens with zero attached hydrogens (tertiary/aromatic N) is 1. The van der Waals surface area contributed by atoms with Gasteiger partial charge in [0.25, 0.3) is 0 Å². The lowest BCUT2D eigenvalue weighted by atomic mass is 10.1. The molecule has 0 bridgehead atoms. The van der Waals surface area contributed by atoms with Gasteiger partial charge in [-0.05, 0) is 38.9 Å². The number of ether oxygens (including phenoxy) is 2. The number of methoxy groups -OCH3 is 1. The van der Waals surface area contributed by atoms with Crippen LogP contribution in [0, 0.1) is 0 Å². The summed E-state index contributed by atoms with van der Waals surface area (Å²) in [4.78, 5) is 4.37. The predicted octanol–water partition coefficient (Wildman–Crippen LogP) is 2.78. The summed E-state index contributed by atoms with van der Waals surface area (Å²) in [5, 5.41) is 3.32. The number of nitrogens with one attached hydrogen (secondary N) is 1. The highest BCUT2D eigenvalue weighted by Crippen LogP contribution is 2.15. The average molecular weight is 266 g/mol. The quantitative estimate of drug-likeness (QED) is 0.698. The van der Waals surface area contributed by atoms with E-state index in [1.807, 2.05) is 12.1 Å². The second-order valence-corrected chi connectivity index (χ2v) is 5.22. The first kappa shape index (κ1) is 15.9. The Labute approximate surface area is 116 Å². The molecule has 0 fully saturated rings. The summed E-state index contributed by atoms with van der Waals surface area (Å²) in [5.74, 6) is 0.811. The molecule has 1 rings (SSSR count). The molecule has 1 N–H and O–H groups in total. The van der Waals surface area contributed by atoms with Crippen molar-refractivity contribution in [3.63, 3.8) is 0 Å². The molecule has 0 radical (unpaired) electrons. The van der Waals surface area contributed by atoms with E-state index < -0.39 is 0 Å². The Morgan fingerprint density at radius 3 is 2.68 bits per heavy atom. The molecule has 4 nitrogen and oxygen atoms in total. The fourth-order valence-corrected chi connectivity index (χ4v) is 1.51. The maximum atomic E-state index is 5.66. The molecular weight excluding hydrogens is 240 g/mol. The number of pyridine rings is 1. The number of rotatable bonds is 9. The molecule has 0 amide bonds. The van der Waals surface area contributed by atoms with Crippen LogP contribution in [-0.4, -0.2) is 30.8 Å². The van der Waals surface area contributed by atoms with E-state index in [0.29, 0.717) is 6.61 Å². The van der Waals surface area contributed by atoms with E-state index in [4.69, 9.17) is 9.47 Å². The lowest BCUT2D eigenvalue weighted by Gasteiger charge is -2.22. The summed E-state index contributed by atoms with van der Waals surface area (Å²) in [6.07, 6.45) is 3.77. The van der Waals surface area contributed by atoms with Crippen molar-refractivity contribution in [2.45, 2.75) is 45.8 Å². The smallest absolute Gasteiger partial charge is 0.137 e. The summed E-state index contributed by atoms with van der Waals surface area (Å²) in [7, 11) is 1.72. The summed E-state index contributed by atoms with van der Waals surface area (Å²) in [6, 6.07) is 3.97. The summed E-state index contributed by atoms with van der Waals surface area (Å²) < 4.78 is 11.0. The second kappa shape index (κ2) is 8.12. The third-order valence-corrected chi connectivity index (χ3v) is 3.06. The van der Waals surface area contributed by atoms with E-state index in [-0.39, 0.29) is 5.60 Å². The van der Waals surface area contributed by atoms with Gasteiger partial charge in [0.15, 0.2) is 0 Å². The van der Waals surface area contributed by atoms with Crippen molar-refractivity contribution in [1.29, 1.82) is 0 Å². The molecular formula is C15H26N2O2. The summed E-state index contributed by atoms with van der Waals surface area (Å²) in [6.45, 7) is 8.72. The molecule has 0 aliphatic rings. The number of hydrogen-bond acceptors (Lipinski definition) is 4. The van der Waals surface area contributed by atoms with E-state index >= 15 is 0 Å². The number of hydrogen-bond donors (Lipinski definition) is 1. The molecule has 0 aromatic carbocycles. The Bertz CT molecular complexity index is 350. The van der Waals surface area contributed by atoms with Crippen LogP contribution in [0.1, 0.15) is 39.3 Å². The van der Waals surface area contributed by atoms with Crippen LogP contribution < -0.4 is 10.1 Å². The van der Waals surface area contributed by atoms with Crippen molar-refractivity contribution in [2.75, 3.05) is 20.3 Å². The first-order valence-electron chi connectivity index (χ1n) is 6.91. The third kappa shape index (κ3) is 6.55. The standard InChI is InChI=1S/C15H26N2O2/c1-5-9-16-11-13-6-7-14(12-17-13)19-10-8-15(2,3)18-4/h6-7,12,16H,5,8-11H2,1-4H3. The lowest BCUT2D eigenvalue weighted by molar-refractivity contribution is 0.00542. The van der Waals surface area contributed by atoms with Crippen molar-refractivity contribution in [2.24, 2.45) is 0 Å². The van der Waals surface area contributed by atoms with E-state index in [2.05, 4.69) is 31.1 Å². The highest BCUT2D eigenvalue weighted by atomic mass is 16.5. The molecule has 0 atom stereocenters. The minimum absolute atomic E-state index is 0.141. The molecule has 108 valence electrons. The molecule has 0 saturated carbocycles. The zero-order chi connectivity index (χ0) is 14.1. The van der Waals surface area contributed by atoms with E-state index in [1.165, 1.54) is 0 Å². The van der Waals surface area contributed by atoms with Crippen LogP contribution in [0.5, 0.6) is 5.75 Å². The van der Waals surface area contributed by atoms with Gasteiger partial charge in [-0.3, -0.25) is 4.98 Å². The Balaban J connectivity index is 2.32. The molecule has 4 heteroatoms. The Hall–Kier alpha value is -1.13. The van der Waals surface area contributed by atoms with Crippen LogP contribution in [0.4, 0.5) is 0 Å². The predicted molar refractivity (Wildman–Crippen MR) is 77.4 cm³/mol. The van der Waals surface area contributed by atoms with E-state index in [0.717, 1.165) is 37.4 Å². The van der Waals surface area contributed by atoms with Gasteiger partial charge in [-0.2, -0.15) is 0 Å². The van der Waals surface area contributed by atoms with Crippen LogP contribution in [0.25, 0.3) is 0 Å². The number of aromatic nitrogens is 1. The van der Waals surface area contributed by atoms with Gasteiger partial charge in [-0.15, -0.1) is 0 Å². The molecule has 0 saturated heterocycles. The van der Waals surface area contributed by atoms with Gasteiger partial charge in [0.1, 0.15) is 5.75 Å². The molecule has 0 spiro atoms. The summed E-state index contributed by atoms with van der Waals surface area (Å²) >= 11 is 0. The van der Waals surface area contributed by atoms with Crippen LogP contribution >= 0.6 is 0 Å². The second-order valence-electron chi connectivity index (χ2n) is 5.22. The van der Waals surface area contributed by atoms with Gasteiger partial charge >= 0.3 is 0 Å². The van der Waals surface area contributed by atoms with E-state index in [9.17, 15) is 0 Å². The first-order valence-corrected chi connectivity index (χ1v) is 6.91. The molecule has 1 aromatic heterocycles. The summed E-state index contributed by atoms with van der Waals surface area (Å²) in [5.41, 5.74) is 0.898. The monoisotopic (exact) mass is 266 g/mol. The lowest BCUT2D eigenvalue weighted by Crippen LogP contribution is -2.25. The minimum Gasteiger partial charge on any atom is -0.492 e. The van der Waals surface area contributed by atoms with Crippen molar-refractivity contribution < 1.29 is 9.47 Å². The van der Waals surface area contributed by atoms with Crippen molar-refractivity contribution in [1.82, 2.24) is 10.3 Å². The van der Waals surface area contributed by atoms with Crippen molar-refractivity contribution in [3.05, 3.63) is 24.0 Å². The zero-order valence-electron chi connectivity index (χ0n) is 12.5. The van der Waals surface area contributed by atoms with Crippen LogP contribution in [0.2, 0.25) is 0 Å². The maximum Gasteiger partial charge on any atom is 0.137 e. The maximum absolute atomic E-state index is 5.66. The molecule has 19 heavy (non-hydrogen) atoms. The zero-order valence-corrected chi connectivity index (χ0v) is 12.5. The molecule has 1 aromatic rings. The molecule has 1 heterocycles. The highest BCUT2D eigenvalue weighted by molar-refractivity contribution is 5.19. The molecule has 0 unspecified atom stereocenters. The average Bonchev–Trinajstić information content (AvgIpc) is 2.41. The van der Waals surface area contributed by atoms with Gasteiger partial charge in [0.2, 0.25) is 0 Å². The van der Waals surface area contributed by atoms with Crippen LogP contribution in [-0.2, 0) is 11.3 Å². The van der Waals surface area contributed by atoms with Crippen LogP contribution in [0.3, 0.4) is 0 Å². The van der Waals surface area contributed by atoms with Gasteiger partial charge in [-0.1, -0.05) is 6.92 Å². The fourth-order valence-electron chi connectivity index (χ4n) is 1.51. The van der Waals surface area contributed by atoms with Crippen molar-refractivity contribution in [3.8, 4) is 5.75 Å². The van der Waals surface area contributed by atoms with Gasteiger partial charge in [0, 0.05) is 20.1 Å². The molecule has 0 aliphatic carbocycles. The van der Waals surface area contributed by atoms with E-state index in [1.54, 1.807) is 13.3 Å². The third-order valence-electron chi connectivity index (χ3n) is 3.06. The minimum atomic E-state index is -0.141. The normalized spacial score (nSPS) is 11.6. The molecule has 0 aliphatic heterocycles. The van der Waals surface area contributed by atoms with Gasteiger partial charge in [-0.25, -0.2) is 0 Å².